The molecule has 4 nitrogen and oxygen atoms in total. The van der Waals surface area contributed by atoms with Crippen molar-refractivity contribution >= 4 is 0 Å². The number of methoxy groups -OCH3 is 3. The van der Waals surface area contributed by atoms with Crippen LogP contribution in [0.5, 0.6) is 11.5 Å². The molecular formula is C16H25NO3. The number of piperidine rings is 1. The Morgan fingerprint density at radius 3 is 2.35 bits per heavy atom. The monoisotopic (exact) mass is 279 g/mol. The van der Waals surface area contributed by atoms with E-state index in [9.17, 15) is 0 Å². The van der Waals surface area contributed by atoms with Crippen molar-refractivity contribution in [2.75, 3.05) is 34.4 Å². The van der Waals surface area contributed by atoms with E-state index in [1.54, 1.807) is 21.3 Å². The molecule has 0 bridgehead atoms. The van der Waals surface area contributed by atoms with E-state index in [0.29, 0.717) is 12.5 Å². The molecule has 0 saturated carbocycles. The molecule has 1 aromatic rings. The highest BCUT2D eigenvalue weighted by Gasteiger charge is 2.18. The lowest BCUT2D eigenvalue weighted by Crippen LogP contribution is -2.28. The third-order valence-electron chi connectivity index (χ3n) is 3.92. The first-order valence-corrected chi connectivity index (χ1v) is 7.22. The third kappa shape index (κ3) is 3.64. The van der Waals surface area contributed by atoms with Crippen LogP contribution in [0.2, 0.25) is 0 Å². The Morgan fingerprint density at radius 2 is 1.75 bits per heavy atom. The lowest BCUT2D eigenvalue weighted by atomic mass is 9.90. The molecule has 4 heteroatoms. The Labute approximate surface area is 121 Å². The van der Waals surface area contributed by atoms with Crippen LogP contribution in [0.1, 0.15) is 24.0 Å². The van der Waals surface area contributed by atoms with Gasteiger partial charge >= 0.3 is 0 Å². The summed E-state index contributed by atoms with van der Waals surface area (Å²) in [5, 5.41) is 3.41. The Hall–Kier alpha value is -1.26. The standard InChI is InChI=1S/C16H25NO3/c1-18-11-14-10-15(19-2)9-13(16(14)20-3)8-12-4-6-17-7-5-12/h9-10,12,17H,4-8,11H2,1-3H3. The second-order valence-corrected chi connectivity index (χ2v) is 5.31. The second-order valence-electron chi connectivity index (χ2n) is 5.31. The molecule has 0 aliphatic carbocycles. The third-order valence-corrected chi connectivity index (χ3v) is 3.92. The van der Waals surface area contributed by atoms with Gasteiger partial charge in [-0.15, -0.1) is 0 Å². The first kappa shape index (κ1) is 15.1. The van der Waals surface area contributed by atoms with E-state index in [0.717, 1.165) is 36.6 Å². The van der Waals surface area contributed by atoms with Gasteiger partial charge in [-0.25, -0.2) is 0 Å². The van der Waals surface area contributed by atoms with Crippen molar-refractivity contribution in [3.05, 3.63) is 23.3 Å². The van der Waals surface area contributed by atoms with Gasteiger partial charge in [-0.3, -0.25) is 0 Å². The molecule has 1 heterocycles. The average Bonchev–Trinajstić information content (AvgIpc) is 2.48. The van der Waals surface area contributed by atoms with Gasteiger partial charge < -0.3 is 19.5 Å². The minimum Gasteiger partial charge on any atom is -0.497 e. The topological polar surface area (TPSA) is 39.7 Å². The summed E-state index contributed by atoms with van der Waals surface area (Å²) < 4.78 is 16.3. The number of benzene rings is 1. The molecule has 1 saturated heterocycles. The summed E-state index contributed by atoms with van der Waals surface area (Å²) in [6.45, 7) is 2.77. The molecule has 0 spiro atoms. The largest absolute Gasteiger partial charge is 0.497 e. The Morgan fingerprint density at radius 1 is 1.05 bits per heavy atom. The number of ether oxygens (including phenoxy) is 3. The van der Waals surface area contributed by atoms with Gasteiger partial charge in [0.15, 0.2) is 0 Å². The maximum Gasteiger partial charge on any atom is 0.127 e. The van der Waals surface area contributed by atoms with Crippen molar-refractivity contribution in [3.63, 3.8) is 0 Å². The normalized spacial score (nSPS) is 16.1. The molecule has 112 valence electrons. The number of hydrogen-bond donors (Lipinski definition) is 1. The first-order valence-electron chi connectivity index (χ1n) is 7.22. The molecule has 0 unspecified atom stereocenters. The molecular weight excluding hydrogens is 254 g/mol. The maximum atomic E-state index is 5.62. The van der Waals surface area contributed by atoms with Crippen LogP contribution < -0.4 is 14.8 Å². The first-order chi connectivity index (χ1) is 9.78. The van der Waals surface area contributed by atoms with Gasteiger partial charge in [-0.1, -0.05) is 0 Å². The fourth-order valence-corrected chi connectivity index (χ4v) is 2.91. The predicted molar refractivity (Wildman–Crippen MR) is 79.6 cm³/mol. The van der Waals surface area contributed by atoms with Crippen LogP contribution in [0.25, 0.3) is 0 Å². The Balaban J connectivity index is 2.25. The van der Waals surface area contributed by atoms with E-state index in [4.69, 9.17) is 14.2 Å². The van der Waals surface area contributed by atoms with Crippen molar-refractivity contribution in [1.82, 2.24) is 5.32 Å². The quantitative estimate of drug-likeness (QED) is 0.868. The van der Waals surface area contributed by atoms with E-state index < -0.39 is 0 Å². The summed E-state index contributed by atoms with van der Waals surface area (Å²) in [6.07, 6.45) is 3.48. The molecule has 1 N–H and O–H groups in total. The SMILES string of the molecule is COCc1cc(OC)cc(CC2CCNCC2)c1OC. The highest BCUT2D eigenvalue weighted by Crippen LogP contribution is 2.33. The summed E-state index contributed by atoms with van der Waals surface area (Å²) in [6, 6.07) is 4.09. The summed E-state index contributed by atoms with van der Waals surface area (Å²) in [5.74, 6) is 2.54. The van der Waals surface area contributed by atoms with Crippen molar-refractivity contribution in [2.45, 2.75) is 25.9 Å². The fraction of sp³-hybridized carbons (Fsp3) is 0.625. The number of hydrogen-bond acceptors (Lipinski definition) is 4. The summed E-state index contributed by atoms with van der Waals surface area (Å²) >= 11 is 0. The van der Waals surface area contributed by atoms with Gasteiger partial charge in [0.25, 0.3) is 0 Å². The molecule has 20 heavy (non-hydrogen) atoms. The smallest absolute Gasteiger partial charge is 0.127 e. The molecule has 1 aromatic carbocycles. The lowest BCUT2D eigenvalue weighted by Gasteiger charge is -2.24. The van der Waals surface area contributed by atoms with Crippen LogP contribution in [0.15, 0.2) is 12.1 Å². The van der Waals surface area contributed by atoms with E-state index >= 15 is 0 Å². The zero-order chi connectivity index (χ0) is 14.4. The second kappa shape index (κ2) is 7.50. The van der Waals surface area contributed by atoms with Crippen LogP contribution in [-0.4, -0.2) is 34.4 Å². The van der Waals surface area contributed by atoms with Crippen LogP contribution in [0, 0.1) is 5.92 Å². The van der Waals surface area contributed by atoms with Crippen LogP contribution in [0.3, 0.4) is 0 Å². The average molecular weight is 279 g/mol. The molecule has 0 amide bonds. The van der Waals surface area contributed by atoms with E-state index in [1.165, 1.54) is 18.4 Å². The van der Waals surface area contributed by atoms with E-state index in [1.807, 2.05) is 6.07 Å². The zero-order valence-corrected chi connectivity index (χ0v) is 12.7. The van der Waals surface area contributed by atoms with Crippen molar-refractivity contribution in [3.8, 4) is 11.5 Å². The van der Waals surface area contributed by atoms with E-state index in [-0.39, 0.29) is 0 Å². The van der Waals surface area contributed by atoms with Gasteiger partial charge in [0.2, 0.25) is 0 Å². The van der Waals surface area contributed by atoms with Crippen molar-refractivity contribution in [1.29, 1.82) is 0 Å². The zero-order valence-electron chi connectivity index (χ0n) is 12.7. The predicted octanol–water partition coefficient (Wildman–Crippen LogP) is 2.39. The maximum absolute atomic E-state index is 5.62. The number of rotatable bonds is 6. The summed E-state index contributed by atoms with van der Waals surface area (Å²) in [5.41, 5.74) is 2.28. The molecule has 1 aliphatic rings. The molecule has 1 fully saturated rings. The number of nitrogens with one attached hydrogen (secondary N) is 1. The van der Waals surface area contributed by atoms with Crippen LogP contribution in [-0.2, 0) is 17.8 Å². The van der Waals surface area contributed by atoms with Gasteiger partial charge in [0.1, 0.15) is 11.5 Å². The highest BCUT2D eigenvalue weighted by atomic mass is 16.5. The van der Waals surface area contributed by atoms with E-state index in [2.05, 4.69) is 11.4 Å². The lowest BCUT2D eigenvalue weighted by molar-refractivity contribution is 0.181. The van der Waals surface area contributed by atoms with Gasteiger partial charge in [-0.2, -0.15) is 0 Å². The van der Waals surface area contributed by atoms with Crippen LogP contribution in [0.4, 0.5) is 0 Å². The summed E-state index contributed by atoms with van der Waals surface area (Å²) in [4.78, 5) is 0. The Bertz CT molecular complexity index is 428. The molecule has 0 atom stereocenters. The fourth-order valence-electron chi connectivity index (χ4n) is 2.91. The van der Waals surface area contributed by atoms with Gasteiger partial charge in [-0.05, 0) is 56.0 Å². The van der Waals surface area contributed by atoms with Crippen LogP contribution >= 0.6 is 0 Å². The van der Waals surface area contributed by atoms with Crippen molar-refractivity contribution < 1.29 is 14.2 Å². The van der Waals surface area contributed by atoms with Crippen molar-refractivity contribution in [2.24, 2.45) is 5.92 Å². The summed E-state index contributed by atoms with van der Waals surface area (Å²) in [7, 11) is 5.13. The molecule has 0 radical (unpaired) electrons. The van der Waals surface area contributed by atoms with Gasteiger partial charge in [0, 0.05) is 12.7 Å². The van der Waals surface area contributed by atoms with Gasteiger partial charge in [0.05, 0.1) is 20.8 Å². The Kier molecular flexibility index (Phi) is 5.68. The molecule has 2 rings (SSSR count). The molecule has 0 aromatic heterocycles. The minimum absolute atomic E-state index is 0.541. The minimum atomic E-state index is 0.541. The highest BCUT2D eigenvalue weighted by molar-refractivity contribution is 5.47. The molecule has 1 aliphatic heterocycles.